The number of phenolic OH excluding ortho intramolecular Hbond substituents is 1. The van der Waals surface area contributed by atoms with Crippen LogP contribution in [-0.2, 0) is 0 Å². The van der Waals surface area contributed by atoms with Crippen LogP contribution in [0.25, 0.3) is 10.9 Å². The molecule has 0 atom stereocenters. The molecule has 106 valence electrons. The Morgan fingerprint density at radius 3 is 2.52 bits per heavy atom. The normalized spacial score (nSPS) is 10.6. The topological polar surface area (TPSA) is 54.4 Å². The molecule has 21 heavy (non-hydrogen) atoms. The summed E-state index contributed by atoms with van der Waals surface area (Å²) < 4.78 is 5.10. The molecule has 0 bridgehead atoms. The predicted molar refractivity (Wildman–Crippen MR) is 84.4 cm³/mol. The molecule has 3 aromatic rings. The van der Waals surface area contributed by atoms with E-state index in [-0.39, 0.29) is 5.75 Å². The number of benzene rings is 2. The summed E-state index contributed by atoms with van der Waals surface area (Å²) in [7, 11) is 1.53. The molecule has 2 aromatic carbocycles. The van der Waals surface area contributed by atoms with Crippen LogP contribution in [0.4, 0.5) is 11.5 Å². The molecule has 1 heterocycles. The Kier molecular flexibility index (Phi) is 3.36. The van der Waals surface area contributed by atoms with E-state index < -0.39 is 0 Å². The summed E-state index contributed by atoms with van der Waals surface area (Å²) in [6.45, 7) is 2.05. The molecule has 0 fully saturated rings. The van der Waals surface area contributed by atoms with Crippen LogP contribution in [0, 0.1) is 6.92 Å². The summed E-state index contributed by atoms with van der Waals surface area (Å²) in [5.41, 5.74) is 2.90. The first-order valence-electron chi connectivity index (χ1n) is 6.67. The van der Waals surface area contributed by atoms with Crippen molar-refractivity contribution in [1.29, 1.82) is 0 Å². The van der Waals surface area contributed by atoms with E-state index in [0.717, 1.165) is 16.9 Å². The molecule has 3 rings (SSSR count). The second-order valence-corrected chi connectivity index (χ2v) is 4.90. The molecule has 2 N–H and O–H groups in total. The Labute approximate surface area is 123 Å². The van der Waals surface area contributed by atoms with Crippen molar-refractivity contribution in [2.75, 3.05) is 12.4 Å². The van der Waals surface area contributed by atoms with Gasteiger partial charge in [0.25, 0.3) is 0 Å². The number of hydrogen-bond acceptors (Lipinski definition) is 4. The summed E-state index contributed by atoms with van der Waals surface area (Å²) >= 11 is 0. The number of nitrogens with one attached hydrogen (secondary N) is 1. The number of aryl methyl sites for hydroxylation is 1. The van der Waals surface area contributed by atoms with Gasteiger partial charge in [-0.25, -0.2) is 4.98 Å². The van der Waals surface area contributed by atoms with Gasteiger partial charge in [-0.15, -0.1) is 0 Å². The Bertz CT molecular complexity index is 783. The summed E-state index contributed by atoms with van der Waals surface area (Å²) in [6, 6.07) is 15.3. The Hall–Kier alpha value is -2.75. The van der Waals surface area contributed by atoms with Gasteiger partial charge in [-0.3, -0.25) is 0 Å². The van der Waals surface area contributed by atoms with E-state index in [9.17, 15) is 5.11 Å². The molecule has 0 radical (unpaired) electrons. The summed E-state index contributed by atoms with van der Waals surface area (Å²) in [6.07, 6.45) is 0. The van der Waals surface area contributed by atoms with Gasteiger partial charge in [0.2, 0.25) is 0 Å². The fraction of sp³-hybridized carbons (Fsp3) is 0.118. The first kappa shape index (κ1) is 13.2. The van der Waals surface area contributed by atoms with Gasteiger partial charge in [-0.05, 0) is 37.3 Å². The van der Waals surface area contributed by atoms with Gasteiger partial charge in [0.1, 0.15) is 5.82 Å². The van der Waals surface area contributed by atoms with Crippen LogP contribution in [0.15, 0.2) is 48.5 Å². The molecule has 0 amide bonds. The average molecular weight is 280 g/mol. The third-order valence-electron chi connectivity index (χ3n) is 3.31. The first-order valence-corrected chi connectivity index (χ1v) is 6.67. The number of rotatable bonds is 3. The van der Waals surface area contributed by atoms with E-state index in [4.69, 9.17) is 4.74 Å². The van der Waals surface area contributed by atoms with E-state index in [0.29, 0.717) is 11.3 Å². The van der Waals surface area contributed by atoms with Crippen LogP contribution in [0.1, 0.15) is 5.56 Å². The van der Waals surface area contributed by atoms with Crippen molar-refractivity contribution in [2.45, 2.75) is 6.92 Å². The number of methoxy groups -OCH3 is 1. The lowest BCUT2D eigenvalue weighted by Gasteiger charge is -2.09. The molecule has 1 aromatic heterocycles. The fourth-order valence-electron chi connectivity index (χ4n) is 2.16. The standard InChI is InChI=1S/C17H16N2O2/c1-11-3-6-13(7-4-11)18-17-8-5-12-9-16(21-2)15(20)10-14(12)19-17/h3-10,20H,1-2H3,(H,18,19). The van der Waals surface area contributed by atoms with Crippen LogP contribution in [0.3, 0.4) is 0 Å². The zero-order valence-electron chi connectivity index (χ0n) is 11.9. The van der Waals surface area contributed by atoms with Gasteiger partial charge in [0.15, 0.2) is 11.5 Å². The molecule has 4 heteroatoms. The van der Waals surface area contributed by atoms with E-state index in [1.807, 2.05) is 43.3 Å². The Morgan fingerprint density at radius 1 is 1.05 bits per heavy atom. The van der Waals surface area contributed by atoms with Crippen LogP contribution in [0.2, 0.25) is 0 Å². The lowest BCUT2D eigenvalue weighted by atomic mass is 10.2. The highest BCUT2D eigenvalue weighted by atomic mass is 16.5. The molecule has 0 saturated heterocycles. The first-order chi connectivity index (χ1) is 10.2. The number of ether oxygens (including phenoxy) is 1. The minimum absolute atomic E-state index is 0.0879. The van der Waals surface area contributed by atoms with Crippen molar-refractivity contribution >= 4 is 22.4 Å². The largest absolute Gasteiger partial charge is 0.504 e. The molecule has 0 aliphatic carbocycles. The average Bonchev–Trinajstić information content (AvgIpc) is 2.49. The van der Waals surface area contributed by atoms with Crippen molar-refractivity contribution in [3.8, 4) is 11.5 Å². The number of hydrogen-bond donors (Lipinski definition) is 2. The number of fused-ring (bicyclic) bond motifs is 1. The highest BCUT2D eigenvalue weighted by Gasteiger charge is 2.06. The number of aromatic nitrogens is 1. The van der Waals surface area contributed by atoms with Crippen LogP contribution in [-0.4, -0.2) is 17.2 Å². The summed E-state index contributed by atoms with van der Waals surface area (Å²) in [5.74, 6) is 1.27. The van der Waals surface area contributed by atoms with E-state index in [2.05, 4.69) is 10.3 Å². The maximum Gasteiger partial charge on any atom is 0.161 e. The van der Waals surface area contributed by atoms with Crippen molar-refractivity contribution in [3.05, 3.63) is 54.1 Å². The maximum atomic E-state index is 9.83. The maximum absolute atomic E-state index is 9.83. The van der Waals surface area contributed by atoms with E-state index in [1.165, 1.54) is 12.7 Å². The number of anilines is 2. The second-order valence-electron chi connectivity index (χ2n) is 4.90. The van der Waals surface area contributed by atoms with Crippen molar-refractivity contribution in [2.24, 2.45) is 0 Å². The van der Waals surface area contributed by atoms with Crippen LogP contribution < -0.4 is 10.1 Å². The zero-order valence-corrected chi connectivity index (χ0v) is 11.9. The van der Waals surface area contributed by atoms with E-state index >= 15 is 0 Å². The van der Waals surface area contributed by atoms with Crippen molar-refractivity contribution in [1.82, 2.24) is 4.98 Å². The smallest absolute Gasteiger partial charge is 0.161 e. The van der Waals surface area contributed by atoms with Gasteiger partial charge in [-0.2, -0.15) is 0 Å². The molecule has 0 aliphatic heterocycles. The van der Waals surface area contributed by atoms with Crippen molar-refractivity contribution in [3.63, 3.8) is 0 Å². The molecule has 4 nitrogen and oxygen atoms in total. The molecular formula is C17H16N2O2. The number of aromatic hydroxyl groups is 1. The number of phenols is 1. The van der Waals surface area contributed by atoms with Gasteiger partial charge in [-0.1, -0.05) is 17.7 Å². The lowest BCUT2D eigenvalue weighted by Crippen LogP contribution is -1.94. The second kappa shape index (κ2) is 5.32. The fourth-order valence-corrected chi connectivity index (χ4v) is 2.16. The van der Waals surface area contributed by atoms with E-state index in [1.54, 1.807) is 12.1 Å². The lowest BCUT2D eigenvalue weighted by molar-refractivity contribution is 0.374. The third kappa shape index (κ3) is 2.74. The highest BCUT2D eigenvalue weighted by molar-refractivity contribution is 5.84. The van der Waals surface area contributed by atoms with Crippen LogP contribution >= 0.6 is 0 Å². The Balaban J connectivity index is 1.95. The molecular weight excluding hydrogens is 264 g/mol. The summed E-state index contributed by atoms with van der Waals surface area (Å²) in [5, 5.41) is 14.0. The number of pyridine rings is 1. The minimum atomic E-state index is 0.0879. The highest BCUT2D eigenvalue weighted by Crippen LogP contribution is 2.31. The monoisotopic (exact) mass is 280 g/mol. The Morgan fingerprint density at radius 2 is 1.81 bits per heavy atom. The van der Waals surface area contributed by atoms with Gasteiger partial charge >= 0.3 is 0 Å². The van der Waals surface area contributed by atoms with Gasteiger partial charge < -0.3 is 15.2 Å². The number of nitrogens with zero attached hydrogens (tertiary/aromatic N) is 1. The van der Waals surface area contributed by atoms with Gasteiger partial charge in [0.05, 0.1) is 12.6 Å². The van der Waals surface area contributed by atoms with Crippen LogP contribution in [0.5, 0.6) is 11.5 Å². The molecule has 0 saturated carbocycles. The molecule has 0 unspecified atom stereocenters. The zero-order chi connectivity index (χ0) is 14.8. The quantitative estimate of drug-likeness (QED) is 0.761. The summed E-state index contributed by atoms with van der Waals surface area (Å²) in [4.78, 5) is 4.50. The van der Waals surface area contributed by atoms with Gasteiger partial charge in [0, 0.05) is 17.1 Å². The van der Waals surface area contributed by atoms with Crippen molar-refractivity contribution < 1.29 is 9.84 Å². The molecule has 0 spiro atoms. The third-order valence-corrected chi connectivity index (χ3v) is 3.31. The SMILES string of the molecule is COc1cc2ccc(Nc3ccc(C)cc3)nc2cc1O. The minimum Gasteiger partial charge on any atom is -0.504 e. The predicted octanol–water partition coefficient (Wildman–Crippen LogP) is 4.00. The molecule has 0 aliphatic rings.